The van der Waals surface area contributed by atoms with Gasteiger partial charge in [0.15, 0.2) is 0 Å². The van der Waals surface area contributed by atoms with Gasteiger partial charge in [0.1, 0.15) is 0 Å². The molecule has 1 N–H and O–H groups in total. The SMILES string of the molecule is COc1ccc(CNC23CC4CC(CC(C4)C2)C3)c(OC)n1. The summed E-state index contributed by atoms with van der Waals surface area (Å²) in [5.74, 6) is 4.19. The number of hydrogen-bond donors (Lipinski definition) is 1. The number of nitrogens with one attached hydrogen (secondary N) is 1. The Morgan fingerprint density at radius 2 is 1.68 bits per heavy atom. The average molecular weight is 302 g/mol. The average Bonchev–Trinajstić information content (AvgIpc) is 2.51. The molecule has 4 aliphatic carbocycles. The van der Waals surface area contributed by atoms with E-state index in [9.17, 15) is 0 Å². The van der Waals surface area contributed by atoms with E-state index in [0.717, 1.165) is 29.9 Å². The third-order valence-electron chi connectivity index (χ3n) is 6.01. The van der Waals surface area contributed by atoms with Gasteiger partial charge in [0.25, 0.3) is 0 Å². The standard InChI is InChI=1S/C18H26N2O2/c1-21-16-4-3-15(17(20-16)22-2)11-19-18-8-12-5-13(9-18)7-14(6-12)10-18/h3-4,12-14,19H,5-11H2,1-2H3. The van der Waals surface area contributed by atoms with E-state index >= 15 is 0 Å². The van der Waals surface area contributed by atoms with Crippen molar-refractivity contribution < 1.29 is 9.47 Å². The summed E-state index contributed by atoms with van der Waals surface area (Å²) < 4.78 is 10.6. The van der Waals surface area contributed by atoms with Crippen molar-refractivity contribution in [1.82, 2.24) is 10.3 Å². The topological polar surface area (TPSA) is 43.4 Å². The lowest BCUT2D eigenvalue weighted by Gasteiger charge is -2.57. The highest BCUT2D eigenvalue weighted by atomic mass is 16.5. The van der Waals surface area contributed by atoms with Gasteiger partial charge in [-0.25, -0.2) is 0 Å². The van der Waals surface area contributed by atoms with Crippen molar-refractivity contribution >= 4 is 0 Å². The number of rotatable bonds is 5. The lowest BCUT2D eigenvalue weighted by molar-refractivity contribution is -0.0206. The zero-order valence-corrected chi connectivity index (χ0v) is 13.6. The molecule has 0 spiro atoms. The van der Waals surface area contributed by atoms with Gasteiger partial charge in [0.05, 0.1) is 14.2 Å². The molecule has 0 aromatic carbocycles. The summed E-state index contributed by atoms with van der Waals surface area (Å²) in [6.07, 6.45) is 8.54. The van der Waals surface area contributed by atoms with Gasteiger partial charge in [-0.1, -0.05) is 0 Å². The Balaban J connectivity index is 1.48. The van der Waals surface area contributed by atoms with E-state index < -0.39 is 0 Å². The zero-order chi connectivity index (χ0) is 15.2. The molecular formula is C18H26N2O2. The fraction of sp³-hybridized carbons (Fsp3) is 0.722. The molecule has 22 heavy (non-hydrogen) atoms. The van der Waals surface area contributed by atoms with Crippen LogP contribution in [0.2, 0.25) is 0 Å². The van der Waals surface area contributed by atoms with Crippen LogP contribution in [0.4, 0.5) is 0 Å². The molecule has 4 aliphatic rings. The summed E-state index contributed by atoms with van der Waals surface area (Å²) in [5, 5.41) is 3.89. The Labute approximate surface area is 132 Å². The highest BCUT2D eigenvalue weighted by molar-refractivity contribution is 5.31. The van der Waals surface area contributed by atoms with Crippen LogP contribution in [0.1, 0.15) is 44.1 Å². The number of nitrogens with zero attached hydrogens (tertiary/aromatic N) is 1. The van der Waals surface area contributed by atoms with Gasteiger partial charge in [-0.2, -0.15) is 4.98 Å². The van der Waals surface area contributed by atoms with Crippen molar-refractivity contribution in [3.8, 4) is 11.8 Å². The van der Waals surface area contributed by atoms with Crippen LogP contribution >= 0.6 is 0 Å². The lowest BCUT2D eigenvalue weighted by Crippen LogP contribution is -2.58. The summed E-state index contributed by atoms with van der Waals surface area (Å²) in [6, 6.07) is 3.98. The highest BCUT2D eigenvalue weighted by Crippen LogP contribution is 2.55. The van der Waals surface area contributed by atoms with Gasteiger partial charge in [-0.05, 0) is 62.3 Å². The summed E-state index contributed by atoms with van der Waals surface area (Å²) in [4.78, 5) is 4.39. The van der Waals surface area contributed by atoms with Gasteiger partial charge < -0.3 is 14.8 Å². The molecule has 5 rings (SSSR count). The minimum Gasteiger partial charge on any atom is -0.481 e. The largest absolute Gasteiger partial charge is 0.481 e. The van der Waals surface area contributed by atoms with Crippen LogP contribution in [0.5, 0.6) is 11.8 Å². The molecular weight excluding hydrogens is 276 g/mol. The predicted molar refractivity (Wildman–Crippen MR) is 85.1 cm³/mol. The first-order valence-electron chi connectivity index (χ1n) is 8.52. The van der Waals surface area contributed by atoms with E-state index in [1.165, 1.54) is 38.5 Å². The van der Waals surface area contributed by atoms with Crippen LogP contribution in [-0.4, -0.2) is 24.7 Å². The number of hydrogen-bond acceptors (Lipinski definition) is 4. The van der Waals surface area contributed by atoms with E-state index in [1.54, 1.807) is 14.2 Å². The van der Waals surface area contributed by atoms with Crippen LogP contribution < -0.4 is 14.8 Å². The first kappa shape index (κ1) is 14.3. The second-order valence-corrected chi connectivity index (χ2v) is 7.57. The second kappa shape index (κ2) is 5.41. The molecule has 4 bridgehead atoms. The molecule has 1 aromatic heterocycles. The normalized spacial score (nSPS) is 35.6. The maximum absolute atomic E-state index is 5.43. The van der Waals surface area contributed by atoms with Crippen molar-refractivity contribution in [2.45, 2.75) is 50.6 Å². The molecule has 0 saturated heterocycles. The predicted octanol–water partition coefficient (Wildman–Crippen LogP) is 3.16. The lowest BCUT2D eigenvalue weighted by atomic mass is 9.53. The minimum absolute atomic E-state index is 0.375. The van der Waals surface area contributed by atoms with Crippen molar-refractivity contribution in [3.63, 3.8) is 0 Å². The van der Waals surface area contributed by atoms with Gasteiger partial charge in [0.2, 0.25) is 11.8 Å². The molecule has 0 radical (unpaired) electrons. The Morgan fingerprint density at radius 1 is 1.05 bits per heavy atom. The van der Waals surface area contributed by atoms with Crippen LogP contribution in [0, 0.1) is 17.8 Å². The minimum atomic E-state index is 0.375. The van der Waals surface area contributed by atoms with Gasteiger partial charge in [-0.3, -0.25) is 0 Å². The van der Waals surface area contributed by atoms with Gasteiger partial charge >= 0.3 is 0 Å². The summed E-state index contributed by atoms with van der Waals surface area (Å²) >= 11 is 0. The highest BCUT2D eigenvalue weighted by Gasteiger charge is 2.50. The van der Waals surface area contributed by atoms with Crippen LogP contribution in [0.15, 0.2) is 12.1 Å². The molecule has 1 heterocycles. The Morgan fingerprint density at radius 3 is 2.23 bits per heavy atom. The molecule has 120 valence electrons. The zero-order valence-electron chi connectivity index (χ0n) is 13.6. The van der Waals surface area contributed by atoms with Crippen LogP contribution in [0.3, 0.4) is 0 Å². The Hall–Kier alpha value is -1.29. The first-order chi connectivity index (χ1) is 10.7. The molecule has 4 saturated carbocycles. The van der Waals surface area contributed by atoms with Crippen LogP contribution in [-0.2, 0) is 6.54 Å². The van der Waals surface area contributed by atoms with Gasteiger partial charge in [-0.15, -0.1) is 0 Å². The second-order valence-electron chi connectivity index (χ2n) is 7.57. The summed E-state index contributed by atoms with van der Waals surface area (Å²) in [5.41, 5.74) is 1.50. The molecule has 0 unspecified atom stereocenters. The molecule has 4 heteroatoms. The van der Waals surface area contributed by atoms with E-state index in [4.69, 9.17) is 9.47 Å². The van der Waals surface area contributed by atoms with E-state index in [0.29, 0.717) is 17.3 Å². The fourth-order valence-electron chi connectivity index (χ4n) is 5.49. The Bertz CT molecular complexity index is 523. The quantitative estimate of drug-likeness (QED) is 0.907. The van der Waals surface area contributed by atoms with Crippen molar-refractivity contribution in [2.24, 2.45) is 17.8 Å². The third-order valence-corrected chi connectivity index (χ3v) is 6.01. The molecule has 4 fully saturated rings. The summed E-state index contributed by atoms with van der Waals surface area (Å²) in [6.45, 7) is 0.840. The molecule has 0 atom stereocenters. The number of methoxy groups -OCH3 is 2. The summed E-state index contributed by atoms with van der Waals surface area (Å²) in [7, 11) is 3.31. The first-order valence-corrected chi connectivity index (χ1v) is 8.52. The smallest absolute Gasteiger partial charge is 0.220 e. The maximum Gasteiger partial charge on any atom is 0.220 e. The fourth-order valence-corrected chi connectivity index (χ4v) is 5.49. The number of aromatic nitrogens is 1. The van der Waals surface area contributed by atoms with E-state index in [-0.39, 0.29) is 0 Å². The van der Waals surface area contributed by atoms with Crippen molar-refractivity contribution in [1.29, 1.82) is 0 Å². The van der Waals surface area contributed by atoms with E-state index in [2.05, 4.69) is 16.4 Å². The molecule has 4 nitrogen and oxygen atoms in total. The molecule has 0 amide bonds. The van der Waals surface area contributed by atoms with E-state index in [1.807, 2.05) is 6.07 Å². The number of pyridine rings is 1. The molecule has 1 aromatic rings. The van der Waals surface area contributed by atoms with Crippen molar-refractivity contribution in [3.05, 3.63) is 17.7 Å². The molecule has 0 aliphatic heterocycles. The monoisotopic (exact) mass is 302 g/mol. The maximum atomic E-state index is 5.43. The van der Waals surface area contributed by atoms with Crippen LogP contribution in [0.25, 0.3) is 0 Å². The van der Waals surface area contributed by atoms with Crippen molar-refractivity contribution in [2.75, 3.05) is 14.2 Å². The third kappa shape index (κ3) is 2.47. The van der Waals surface area contributed by atoms with Gasteiger partial charge in [0, 0.05) is 23.7 Å². The Kier molecular flexibility index (Phi) is 3.52. The number of ether oxygens (including phenoxy) is 2.